The molecule has 104 valence electrons. The first-order valence-corrected chi connectivity index (χ1v) is 7.01. The predicted molar refractivity (Wildman–Crippen MR) is 79.7 cm³/mol. The summed E-state index contributed by atoms with van der Waals surface area (Å²) in [6.45, 7) is 2.87. The van der Waals surface area contributed by atoms with Crippen LogP contribution in [0.4, 0.5) is 11.5 Å². The third-order valence-corrected chi connectivity index (χ3v) is 4.12. The van der Waals surface area contributed by atoms with E-state index >= 15 is 0 Å². The summed E-state index contributed by atoms with van der Waals surface area (Å²) in [5.41, 5.74) is 8.39. The second kappa shape index (κ2) is 5.25. The van der Waals surface area contributed by atoms with Crippen LogP contribution in [0.15, 0.2) is 24.4 Å². The Balaban J connectivity index is 1.96. The molecule has 6 heteroatoms. The van der Waals surface area contributed by atoms with Crippen molar-refractivity contribution in [2.24, 2.45) is 0 Å². The minimum absolute atomic E-state index is 0.197. The Hall–Kier alpha value is -1.88. The van der Waals surface area contributed by atoms with Gasteiger partial charge < -0.3 is 10.6 Å². The average molecular weight is 290 g/mol. The molecule has 0 amide bonds. The molecule has 5 nitrogen and oxygen atoms in total. The predicted octanol–water partition coefficient (Wildman–Crippen LogP) is 2.76. The summed E-state index contributed by atoms with van der Waals surface area (Å²) in [5.74, 6) is 0.441. The molecule has 1 aliphatic rings. The Morgan fingerprint density at radius 1 is 1.30 bits per heavy atom. The van der Waals surface area contributed by atoms with E-state index in [0.717, 1.165) is 36.5 Å². The van der Waals surface area contributed by atoms with E-state index in [9.17, 15) is 0 Å². The van der Waals surface area contributed by atoms with Crippen molar-refractivity contribution in [3.63, 3.8) is 0 Å². The molecule has 0 saturated carbocycles. The maximum absolute atomic E-state index is 6.39. The van der Waals surface area contributed by atoms with E-state index in [1.54, 1.807) is 12.3 Å². The number of nitrogens with zero attached hydrogens (tertiary/aromatic N) is 4. The molecular weight excluding hydrogens is 274 g/mol. The first-order chi connectivity index (χ1) is 9.66. The van der Waals surface area contributed by atoms with Crippen molar-refractivity contribution in [3.8, 4) is 0 Å². The van der Waals surface area contributed by atoms with E-state index < -0.39 is 0 Å². The molecule has 2 aromatic rings. The molecule has 3 rings (SSSR count). The highest BCUT2D eigenvalue weighted by Gasteiger charge is 2.29. The first-order valence-electron chi connectivity index (χ1n) is 6.63. The van der Waals surface area contributed by atoms with Crippen LogP contribution in [0.5, 0.6) is 0 Å². The topological polar surface area (TPSA) is 67.9 Å². The Bertz CT molecular complexity index is 613. The van der Waals surface area contributed by atoms with Crippen LogP contribution >= 0.6 is 11.6 Å². The van der Waals surface area contributed by atoms with Gasteiger partial charge in [-0.1, -0.05) is 11.6 Å². The zero-order chi connectivity index (χ0) is 14.1. The fourth-order valence-electron chi connectivity index (χ4n) is 2.65. The van der Waals surface area contributed by atoms with E-state index in [-0.39, 0.29) is 6.04 Å². The Morgan fingerprint density at radius 3 is 2.90 bits per heavy atom. The van der Waals surface area contributed by atoms with Gasteiger partial charge in [-0.3, -0.25) is 4.98 Å². The van der Waals surface area contributed by atoms with Crippen molar-refractivity contribution in [2.75, 3.05) is 17.2 Å². The first kappa shape index (κ1) is 13.1. The number of hydrogen-bond acceptors (Lipinski definition) is 5. The summed E-state index contributed by atoms with van der Waals surface area (Å²) in [5, 5.41) is 8.87. The van der Waals surface area contributed by atoms with Gasteiger partial charge in [0, 0.05) is 12.7 Å². The van der Waals surface area contributed by atoms with Gasteiger partial charge in [0.05, 0.1) is 28.1 Å². The van der Waals surface area contributed by atoms with Gasteiger partial charge >= 0.3 is 0 Å². The van der Waals surface area contributed by atoms with Gasteiger partial charge in [-0.2, -0.15) is 5.10 Å². The Labute approximate surface area is 122 Å². The molecule has 0 bridgehead atoms. The molecule has 2 aromatic heterocycles. The highest BCUT2D eigenvalue weighted by atomic mass is 35.5. The van der Waals surface area contributed by atoms with Crippen LogP contribution in [-0.4, -0.2) is 21.7 Å². The van der Waals surface area contributed by atoms with Crippen molar-refractivity contribution in [1.82, 2.24) is 15.2 Å². The molecule has 0 aromatic carbocycles. The number of nitrogens with two attached hydrogens (primary N) is 1. The third-order valence-electron chi connectivity index (χ3n) is 3.65. The maximum atomic E-state index is 6.39. The zero-order valence-corrected chi connectivity index (χ0v) is 12.0. The van der Waals surface area contributed by atoms with Crippen LogP contribution in [0.25, 0.3) is 0 Å². The summed E-state index contributed by atoms with van der Waals surface area (Å²) < 4.78 is 0. The van der Waals surface area contributed by atoms with E-state index in [1.165, 1.54) is 0 Å². The average Bonchev–Trinajstić information content (AvgIpc) is 2.92. The summed E-state index contributed by atoms with van der Waals surface area (Å²) in [6.07, 6.45) is 3.94. The lowest BCUT2D eigenvalue weighted by Crippen LogP contribution is -2.24. The van der Waals surface area contributed by atoms with Gasteiger partial charge in [0.25, 0.3) is 0 Å². The van der Waals surface area contributed by atoms with E-state index in [2.05, 4.69) is 20.1 Å². The second-order valence-corrected chi connectivity index (χ2v) is 5.34. The number of anilines is 2. The van der Waals surface area contributed by atoms with Crippen molar-refractivity contribution >= 4 is 23.1 Å². The summed E-state index contributed by atoms with van der Waals surface area (Å²) >= 11 is 6.39. The highest BCUT2D eigenvalue weighted by molar-refractivity contribution is 6.33. The number of pyridine rings is 1. The van der Waals surface area contributed by atoms with Gasteiger partial charge in [-0.15, -0.1) is 5.10 Å². The number of halogens is 1. The Kier molecular flexibility index (Phi) is 3.44. The normalized spacial score (nSPS) is 18.5. The minimum atomic E-state index is 0.197. The molecule has 1 saturated heterocycles. The lowest BCUT2D eigenvalue weighted by atomic mass is 10.1. The van der Waals surface area contributed by atoms with Gasteiger partial charge in [0.2, 0.25) is 0 Å². The standard InChI is InChI=1S/C14H16ClN5/c1-9-14(15)12(6-7-17-9)20-8-2-3-11(20)10-4-5-13(16)19-18-10/h4-7,11H,2-3,8H2,1H3,(H2,16,19). The van der Waals surface area contributed by atoms with Crippen molar-refractivity contribution in [3.05, 3.63) is 40.8 Å². The Morgan fingerprint density at radius 2 is 2.15 bits per heavy atom. The molecule has 20 heavy (non-hydrogen) atoms. The number of rotatable bonds is 2. The van der Waals surface area contributed by atoms with Crippen LogP contribution in [0.1, 0.15) is 30.3 Å². The molecule has 0 aliphatic carbocycles. The summed E-state index contributed by atoms with van der Waals surface area (Å²) in [4.78, 5) is 6.49. The van der Waals surface area contributed by atoms with Crippen molar-refractivity contribution < 1.29 is 0 Å². The highest BCUT2D eigenvalue weighted by Crippen LogP contribution is 2.39. The van der Waals surface area contributed by atoms with Gasteiger partial charge in [-0.05, 0) is 38.0 Å². The van der Waals surface area contributed by atoms with Crippen LogP contribution < -0.4 is 10.6 Å². The van der Waals surface area contributed by atoms with Gasteiger partial charge in [0.1, 0.15) is 5.82 Å². The van der Waals surface area contributed by atoms with Crippen LogP contribution in [0.2, 0.25) is 5.02 Å². The maximum Gasteiger partial charge on any atom is 0.146 e. The molecular formula is C14H16ClN5. The monoisotopic (exact) mass is 289 g/mol. The largest absolute Gasteiger partial charge is 0.382 e. The van der Waals surface area contributed by atoms with E-state index in [0.29, 0.717) is 10.8 Å². The summed E-state index contributed by atoms with van der Waals surface area (Å²) in [6, 6.07) is 5.88. The van der Waals surface area contributed by atoms with Crippen molar-refractivity contribution in [1.29, 1.82) is 0 Å². The van der Waals surface area contributed by atoms with Crippen LogP contribution in [0, 0.1) is 6.92 Å². The van der Waals surface area contributed by atoms with Gasteiger partial charge in [-0.25, -0.2) is 0 Å². The third kappa shape index (κ3) is 2.29. The fourth-order valence-corrected chi connectivity index (χ4v) is 2.87. The number of hydrogen-bond donors (Lipinski definition) is 1. The minimum Gasteiger partial charge on any atom is -0.382 e. The molecule has 1 fully saturated rings. The molecule has 1 unspecified atom stereocenters. The molecule has 0 radical (unpaired) electrons. The number of nitrogen functional groups attached to an aromatic ring is 1. The van der Waals surface area contributed by atoms with Crippen LogP contribution in [-0.2, 0) is 0 Å². The lowest BCUT2D eigenvalue weighted by molar-refractivity contribution is 0.679. The quantitative estimate of drug-likeness (QED) is 0.921. The van der Waals surface area contributed by atoms with Crippen LogP contribution in [0.3, 0.4) is 0 Å². The molecule has 1 atom stereocenters. The van der Waals surface area contributed by atoms with Crippen molar-refractivity contribution in [2.45, 2.75) is 25.8 Å². The SMILES string of the molecule is Cc1nccc(N2CCCC2c2ccc(N)nn2)c1Cl. The molecule has 3 heterocycles. The van der Waals surface area contributed by atoms with Gasteiger partial charge in [0.15, 0.2) is 0 Å². The van der Waals surface area contributed by atoms with E-state index in [4.69, 9.17) is 17.3 Å². The van der Waals surface area contributed by atoms with E-state index in [1.807, 2.05) is 19.1 Å². The number of aromatic nitrogens is 3. The second-order valence-electron chi connectivity index (χ2n) is 4.96. The lowest BCUT2D eigenvalue weighted by Gasteiger charge is -2.27. The smallest absolute Gasteiger partial charge is 0.146 e. The molecule has 0 spiro atoms. The number of aryl methyl sites for hydroxylation is 1. The molecule has 1 aliphatic heterocycles. The summed E-state index contributed by atoms with van der Waals surface area (Å²) in [7, 11) is 0. The molecule has 2 N–H and O–H groups in total. The zero-order valence-electron chi connectivity index (χ0n) is 11.3. The fraction of sp³-hybridized carbons (Fsp3) is 0.357.